The van der Waals surface area contributed by atoms with Crippen LogP contribution in [0.1, 0.15) is 52.4 Å². The summed E-state index contributed by atoms with van der Waals surface area (Å²) in [6, 6.07) is 0. The van der Waals surface area contributed by atoms with Crippen LogP contribution in [0.2, 0.25) is 0 Å². The third-order valence-corrected chi connectivity index (χ3v) is 3.14. The van der Waals surface area contributed by atoms with Crippen LogP contribution in [-0.4, -0.2) is 15.0 Å². The molecule has 0 radical (unpaired) electrons. The standard InChI is InChI=1S/C11H21IO2/c1-3-5-6-9(10(13)4-2)7-8-11(12)14/h9-10,13H,3-8H2,1-2H3. The number of unbranched alkanes of at least 4 members (excludes halogenated alkanes) is 1. The fraction of sp³-hybridized carbons (Fsp3) is 0.909. The molecule has 0 aliphatic carbocycles. The summed E-state index contributed by atoms with van der Waals surface area (Å²) >= 11 is 1.83. The molecule has 0 amide bonds. The van der Waals surface area contributed by atoms with Crippen molar-refractivity contribution in [2.75, 3.05) is 0 Å². The minimum absolute atomic E-state index is 0.201. The van der Waals surface area contributed by atoms with E-state index in [1.54, 1.807) is 0 Å². The van der Waals surface area contributed by atoms with Gasteiger partial charge < -0.3 is 5.11 Å². The number of hydrogen-bond acceptors (Lipinski definition) is 2. The number of aliphatic hydroxyl groups excluding tert-OH is 1. The highest BCUT2D eigenvalue weighted by molar-refractivity contribution is 14.1. The highest BCUT2D eigenvalue weighted by atomic mass is 127. The van der Waals surface area contributed by atoms with Crippen LogP contribution in [0.5, 0.6) is 0 Å². The minimum Gasteiger partial charge on any atom is -0.393 e. The monoisotopic (exact) mass is 312 g/mol. The third-order valence-electron chi connectivity index (χ3n) is 2.60. The van der Waals surface area contributed by atoms with Crippen LogP contribution < -0.4 is 0 Å². The van der Waals surface area contributed by atoms with Gasteiger partial charge in [-0.1, -0.05) is 26.7 Å². The maximum atomic E-state index is 10.8. The van der Waals surface area contributed by atoms with Crippen molar-refractivity contribution >= 4 is 26.4 Å². The van der Waals surface area contributed by atoms with Crippen LogP contribution >= 0.6 is 22.6 Å². The number of aliphatic hydroxyl groups is 1. The summed E-state index contributed by atoms with van der Waals surface area (Å²) in [5.74, 6) is 0.318. The lowest BCUT2D eigenvalue weighted by molar-refractivity contribution is -0.109. The summed E-state index contributed by atoms with van der Waals surface area (Å²) in [5, 5.41) is 9.74. The molecule has 0 aromatic rings. The van der Waals surface area contributed by atoms with Gasteiger partial charge in [0, 0.05) is 6.42 Å². The molecule has 84 valence electrons. The zero-order valence-corrected chi connectivity index (χ0v) is 11.3. The largest absolute Gasteiger partial charge is 0.393 e. The van der Waals surface area contributed by atoms with Crippen molar-refractivity contribution in [2.45, 2.75) is 58.5 Å². The molecule has 2 atom stereocenters. The summed E-state index contributed by atoms with van der Waals surface area (Å²) in [7, 11) is 0. The van der Waals surface area contributed by atoms with Crippen molar-refractivity contribution in [2.24, 2.45) is 5.92 Å². The smallest absolute Gasteiger partial charge is 0.192 e. The van der Waals surface area contributed by atoms with E-state index in [2.05, 4.69) is 6.92 Å². The van der Waals surface area contributed by atoms with Gasteiger partial charge in [-0.05, 0) is 47.8 Å². The van der Waals surface area contributed by atoms with Crippen molar-refractivity contribution in [3.63, 3.8) is 0 Å². The van der Waals surface area contributed by atoms with E-state index in [-0.39, 0.29) is 9.89 Å². The molecule has 0 spiro atoms. The number of hydrogen-bond donors (Lipinski definition) is 1. The van der Waals surface area contributed by atoms with Crippen molar-refractivity contribution in [3.05, 3.63) is 0 Å². The normalized spacial score (nSPS) is 15.1. The predicted molar refractivity (Wildman–Crippen MR) is 67.6 cm³/mol. The maximum Gasteiger partial charge on any atom is 0.192 e. The molecule has 0 aromatic heterocycles. The molecule has 2 nitrogen and oxygen atoms in total. The molecule has 3 heteroatoms. The number of carbonyl (C=O) groups excluding carboxylic acids is 1. The first-order chi connectivity index (χ1) is 6.61. The van der Waals surface area contributed by atoms with Crippen molar-refractivity contribution in [3.8, 4) is 0 Å². The van der Waals surface area contributed by atoms with Crippen LogP contribution in [-0.2, 0) is 4.79 Å². The summed E-state index contributed by atoms with van der Waals surface area (Å²) in [5.41, 5.74) is 0. The highest BCUT2D eigenvalue weighted by Gasteiger charge is 2.17. The first-order valence-electron chi connectivity index (χ1n) is 5.48. The van der Waals surface area contributed by atoms with E-state index < -0.39 is 0 Å². The van der Waals surface area contributed by atoms with Crippen LogP contribution in [0.3, 0.4) is 0 Å². The van der Waals surface area contributed by atoms with E-state index >= 15 is 0 Å². The zero-order valence-electron chi connectivity index (χ0n) is 9.13. The molecular formula is C11H21IO2. The van der Waals surface area contributed by atoms with Crippen LogP contribution in [0.15, 0.2) is 0 Å². The van der Waals surface area contributed by atoms with Gasteiger partial charge in [-0.2, -0.15) is 0 Å². The SMILES string of the molecule is CCCCC(CCC(=O)I)C(O)CC. The second kappa shape index (κ2) is 8.65. The van der Waals surface area contributed by atoms with Crippen molar-refractivity contribution < 1.29 is 9.90 Å². The minimum atomic E-state index is -0.225. The lowest BCUT2D eigenvalue weighted by Gasteiger charge is -2.20. The quantitative estimate of drug-likeness (QED) is 0.551. The van der Waals surface area contributed by atoms with E-state index in [0.29, 0.717) is 12.3 Å². The molecule has 0 aliphatic rings. The topological polar surface area (TPSA) is 37.3 Å². The van der Waals surface area contributed by atoms with Gasteiger partial charge in [-0.15, -0.1) is 0 Å². The molecule has 1 N–H and O–H groups in total. The Kier molecular flexibility index (Phi) is 8.87. The Morgan fingerprint density at radius 3 is 2.43 bits per heavy atom. The van der Waals surface area contributed by atoms with Crippen molar-refractivity contribution in [1.29, 1.82) is 0 Å². The first-order valence-corrected chi connectivity index (χ1v) is 6.56. The van der Waals surface area contributed by atoms with Crippen molar-refractivity contribution in [1.82, 2.24) is 0 Å². The average Bonchev–Trinajstić information content (AvgIpc) is 2.16. The van der Waals surface area contributed by atoms with E-state index in [0.717, 1.165) is 32.1 Å². The Morgan fingerprint density at radius 1 is 1.36 bits per heavy atom. The van der Waals surface area contributed by atoms with Crippen LogP contribution in [0.25, 0.3) is 0 Å². The second-order valence-electron chi connectivity index (χ2n) is 3.77. The van der Waals surface area contributed by atoms with Gasteiger partial charge in [0.25, 0.3) is 0 Å². The summed E-state index contributed by atoms with van der Waals surface area (Å²) < 4.78 is 0.201. The zero-order chi connectivity index (χ0) is 11.0. The van der Waals surface area contributed by atoms with Gasteiger partial charge in [0.05, 0.1) is 6.10 Å². The second-order valence-corrected chi connectivity index (χ2v) is 4.97. The Labute approximate surface area is 101 Å². The maximum absolute atomic E-state index is 10.8. The van der Waals surface area contributed by atoms with Gasteiger partial charge in [-0.3, -0.25) is 4.79 Å². The van der Waals surface area contributed by atoms with Gasteiger partial charge >= 0.3 is 0 Å². The van der Waals surface area contributed by atoms with Crippen LogP contribution in [0, 0.1) is 5.92 Å². The molecule has 0 aliphatic heterocycles. The Bertz CT molecular complexity index is 159. The molecule has 0 bridgehead atoms. The lowest BCUT2D eigenvalue weighted by Crippen LogP contribution is -2.20. The molecule has 0 heterocycles. The van der Waals surface area contributed by atoms with E-state index in [1.807, 2.05) is 29.5 Å². The van der Waals surface area contributed by atoms with E-state index in [9.17, 15) is 9.90 Å². The molecule has 14 heavy (non-hydrogen) atoms. The fourth-order valence-electron chi connectivity index (χ4n) is 1.63. The van der Waals surface area contributed by atoms with Gasteiger partial charge in [-0.25, -0.2) is 0 Å². The Morgan fingerprint density at radius 2 is 2.00 bits per heavy atom. The molecular weight excluding hydrogens is 291 g/mol. The van der Waals surface area contributed by atoms with E-state index in [4.69, 9.17) is 0 Å². The summed E-state index contributed by atoms with van der Waals surface area (Å²) in [6.07, 6.45) is 5.38. The average molecular weight is 312 g/mol. The predicted octanol–water partition coefficient (Wildman–Crippen LogP) is 3.31. The van der Waals surface area contributed by atoms with E-state index in [1.165, 1.54) is 0 Å². The Hall–Kier alpha value is 0.360. The lowest BCUT2D eigenvalue weighted by atomic mass is 9.90. The summed E-state index contributed by atoms with van der Waals surface area (Å²) in [4.78, 5) is 10.8. The molecule has 2 unspecified atom stereocenters. The van der Waals surface area contributed by atoms with Gasteiger partial charge in [0.2, 0.25) is 0 Å². The first kappa shape index (κ1) is 14.4. The van der Waals surface area contributed by atoms with Gasteiger partial charge in [0.1, 0.15) is 0 Å². The Balaban J connectivity index is 3.89. The molecule has 0 fully saturated rings. The van der Waals surface area contributed by atoms with Crippen LogP contribution in [0.4, 0.5) is 0 Å². The fourth-order valence-corrected chi connectivity index (χ4v) is 1.94. The number of halogens is 1. The molecule has 0 rings (SSSR count). The highest BCUT2D eigenvalue weighted by Crippen LogP contribution is 2.21. The third kappa shape index (κ3) is 6.76. The molecule has 0 aromatic carbocycles. The number of carbonyl (C=O) groups is 1. The van der Waals surface area contributed by atoms with Gasteiger partial charge in [0.15, 0.2) is 3.79 Å². The molecule has 0 saturated carbocycles. The summed E-state index contributed by atoms with van der Waals surface area (Å²) in [6.45, 7) is 4.15. The number of rotatable bonds is 8. The molecule has 0 saturated heterocycles.